The van der Waals surface area contributed by atoms with Gasteiger partial charge < -0.3 is 24.1 Å². The van der Waals surface area contributed by atoms with E-state index in [1.807, 2.05) is 19.1 Å². The van der Waals surface area contributed by atoms with Gasteiger partial charge in [0.2, 0.25) is 5.91 Å². The average molecular weight is 777 g/mol. The van der Waals surface area contributed by atoms with Gasteiger partial charge in [-0.3, -0.25) is 19.2 Å². The van der Waals surface area contributed by atoms with Crippen LogP contribution in [0.4, 0.5) is 0 Å². The van der Waals surface area contributed by atoms with Gasteiger partial charge in [-0.1, -0.05) is 51.2 Å². The molecule has 0 unspecified atom stereocenters. The van der Waals surface area contributed by atoms with Crippen molar-refractivity contribution in [3.8, 4) is 0 Å². The first kappa shape index (κ1) is 39.6. The third kappa shape index (κ3) is 5.28. The number of nitrogens with zero attached hydrogens (tertiary/aromatic N) is 1. The summed E-state index contributed by atoms with van der Waals surface area (Å²) >= 11 is 0. The molecule has 1 aromatic heterocycles. The topological polar surface area (TPSA) is 113 Å². The fourth-order valence-corrected chi connectivity index (χ4v) is 13.4. The molecule has 8 rings (SSSR count). The summed E-state index contributed by atoms with van der Waals surface area (Å²) in [5.74, 6) is -0.631. The molecule has 9 nitrogen and oxygen atoms in total. The number of hydrogen-bond acceptors (Lipinski definition) is 7. The van der Waals surface area contributed by atoms with E-state index < -0.39 is 34.7 Å². The fourth-order valence-electron chi connectivity index (χ4n) is 13.4. The summed E-state index contributed by atoms with van der Waals surface area (Å²) in [7, 11) is 1.63. The molecule has 4 aliphatic carbocycles. The lowest BCUT2D eigenvalue weighted by molar-refractivity contribution is -0.178. The second kappa shape index (κ2) is 12.6. The van der Waals surface area contributed by atoms with Crippen LogP contribution in [-0.4, -0.2) is 52.5 Å². The maximum absolute atomic E-state index is 15.2. The molecule has 6 aliphatic rings. The zero-order chi connectivity index (χ0) is 41.5. The van der Waals surface area contributed by atoms with Crippen molar-refractivity contribution >= 4 is 40.1 Å². The van der Waals surface area contributed by atoms with Gasteiger partial charge in [-0.2, -0.15) is 0 Å². The van der Waals surface area contributed by atoms with Crippen LogP contribution in [0.25, 0.3) is 16.5 Å². The van der Waals surface area contributed by atoms with Gasteiger partial charge in [0, 0.05) is 53.9 Å². The van der Waals surface area contributed by atoms with Crippen molar-refractivity contribution in [3.05, 3.63) is 76.0 Å². The Morgan fingerprint density at radius 2 is 1.67 bits per heavy atom. The number of rotatable bonds is 6. The number of likely N-dealkylation sites (N-methyl/N-ethyl adjacent to an activating group) is 1. The molecule has 1 N–H and O–H groups in total. The first-order valence-corrected chi connectivity index (χ1v) is 20.8. The predicted molar refractivity (Wildman–Crippen MR) is 221 cm³/mol. The molecule has 9 atom stereocenters. The second-order valence-electron chi connectivity index (χ2n) is 19.8. The Labute approximate surface area is 337 Å². The van der Waals surface area contributed by atoms with Crippen LogP contribution in [0.5, 0.6) is 0 Å². The first-order chi connectivity index (χ1) is 26.5. The number of aromatic nitrogens is 1. The number of esters is 2. The lowest BCUT2D eigenvalue weighted by Gasteiger charge is -2.64. The molecule has 304 valence electrons. The smallest absolute Gasteiger partial charge is 0.303 e. The largest absolute Gasteiger partial charge is 0.462 e. The Morgan fingerprint density at radius 3 is 2.30 bits per heavy atom. The van der Waals surface area contributed by atoms with E-state index in [1.165, 1.54) is 25.1 Å². The van der Waals surface area contributed by atoms with Gasteiger partial charge in [0.1, 0.15) is 18.2 Å². The number of carbonyl (C=O) groups is 4. The molecule has 9 heteroatoms. The monoisotopic (exact) mass is 776 g/mol. The van der Waals surface area contributed by atoms with E-state index in [0.717, 1.165) is 58.9 Å². The van der Waals surface area contributed by atoms with E-state index in [4.69, 9.17) is 14.2 Å². The van der Waals surface area contributed by atoms with Crippen LogP contribution in [0.1, 0.15) is 147 Å². The van der Waals surface area contributed by atoms with Gasteiger partial charge in [0.05, 0.1) is 28.2 Å². The Morgan fingerprint density at radius 1 is 0.982 bits per heavy atom. The lowest BCUT2D eigenvalue weighted by atomic mass is 9.40. The van der Waals surface area contributed by atoms with E-state index >= 15 is 4.79 Å². The summed E-state index contributed by atoms with van der Waals surface area (Å²) in [6.07, 6.45) is 11.6. The number of allylic oxidation sites excluding steroid dienone is 3. The van der Waals surface area contributed by atoms with Gasteiger partial charge in [0.15, 0.2) is 5.78 Å². The Hall–Kier alpha value is -4.24. The molecule has 0 radical (unpaired) electrons. The van der Waals surface area contributed by atoms with Gasteiger partial charge in [-0.05, 0) is 120 Å². The minimum Gasteiger partial charge on any atom is -0.462 e. The van der Waals surface area contributed by atoms with Crippen LogP contribution >= 0.6 is 0 Å². The van der Waals surface area contributed by atoms with Gasteiger partial charge in [-0.15, -0.1) is 0 Å². The number of nitrogens with one attached hydrogen (secondary N) is 1. The van der Waals surface area contributed by atoms with Crippen molar-refractivity contribution in [3.63, 3.8) is 0 Å². The Bertz CT molecular complexity index is 2280. The van der Waals surface area contributed by atoms with Crippen LogP contribution in [0.15, 0.2) is 48.1 Å². The molecule has 1 aromatic carbocycles. The molecule has 2 aromatic rings. The van der Waals surface area contributed by atoms with E-state index in [2.05, 4.69) is 83.1 Å². The molecule has 0 bridgehead atoms. The van der Waals surface area contributed by atoms with Crippen molar-refractivity contribution < 1.29 is 33.4 Å². The molecule has 2 aliphatic heterocycles. The van der Waals surface area contributed by atoms with Crippen molar-refractivity contribution in [1.29, 1.82) is 0 Å². The van der Waals surface area contributed by atoms with Gasteiger partial charge in [0.25, 0.3) is 0 Å². The highest BCUT2D eigenvalue weighted by Gasteiger charge is 2.68. The van der Waals surface area contributed by atoms with Crippen LogP contribution in [-0.2, 0) is 40.4 Å². The minimum absolute atomic E-state index is 0.00528. The van der Waals surface area contributed by atoms with Crippen molar-refractivity contribution in [1.82, 2.24) is 9.88 Å². The van der Waals surface area contributed by atoms with E-state index in [0.29, 0.717) is 23.5 Å². The van der Waals surface area contributed by atoms with Crippen LogP contribution in [0.2, 0.25) is 0 Å². The maximum Gasteiger partial charge on any atom is 0.303 e. The predicted octanol–water partition coefficient (Wildman–Crippen LogP) is 8.99. The number of hydrogen-bond donors (Lipinski definition) is 1. The number of Topliss-reactive ketones (excluding diaryl/α,β-unsaturated/α-hetero) is 1. The minimum atomic E-state index is -0.676. The van der Waals surface area contributed by atoms with Crippen LogP contribution < -0.4 is 5.32 Å². The van der Waals surface area contributed by atoms with Crippen molar-refractivity contribution in [2.45, 2.75) is 143 Å². The number of ketones is 1. The zero-order valence-electron chi connectivity index (χ0n) is 35.9. The third-order valence-electron chi connectivity index (χ3n) is 15.5. The molecule has 2 fully saturated rings. The average Bonchev–Trinajstić information content (AvgIpc) is 3.78. The molecule has 3 heterocycles. The summed E-state index contributed by atoms with van der Waals surface area (Å²) < 4.78 is 21.4. The molecule has 2 saturated carbocycles. The molecule has 57 heavy (non-hydrogen) atoms. The highest BCUT2D eigenvalue weighted by atomic mass is 16.6. The summed E-state index contributed by atoms with van der Waals surface area (Å²) in [4.78, 5) is 53.1. The van der Waals surface area contributed by atoms with E-state index in [-0.39, 0.29) is 46.4 Å². The first-order valence-electron chi connectivity index (χ1n) is 20.8. The lowest BCUT2D eigenvalue weighted by Crippen LogP contribution is -2.62. The normalized spacial score (nSPS) is 35.5. The molecule has 0 saturated heterocycles. The number of fused-ring (bicyclic) bond motifs is 11. The summed E-state index contributed by atoms with van der Waals surface area (Å²) in [5, 5.41) is 3.81. The summed E-state index contributed by atoms with van der Waals surface area (Å²) in [6, 6.07) is 1.72. The maximum atomic E-state index is 15.2. The molecule has 0 spiro atoms. The number of ether oxygens (including phenoxy) is 3. The number of amides is 1. The molecular weight excluding hydrogens is 717 g/mol. The van der Waals surface area contributed by atoms with Crippen molar-refractivity contribution in [2.24, 2.45) is 28.6 Å². The number of carbonyl (C=O) groups excluding carboxylic acids is 4. The summed E-state index contributed by atoms with van der Waals surface area (Å²) in [6.45, 7) is 26.5. The second-order valence-corrected chi connectivity index (χ2v) is 19.8. The highest BCUT2D eigenvalue weighted by Crippen LogP contribution is 2.72. The summed E-state index contributed by atoms with van der Waals surface area (Å²) in [5.41, 5.74) is 6.00. The fraction of sp³-hybridized carbons (Fsp3) is 0.583. The zero-order valence-corrected chi connectivity index (χ0v) is 35.9. The standard InChI is InChI=1S/C48H60N2O7/c1-24(2)38-40(53)36-35-29(32-23-44(6,7)57-45(8,9)37(32)41(35)56-27(5)52)22-30-31-21-28-16-17-33-46(10,19-14-15-25(3)43(54)49-13)34(55-26(4)51)18-20-47(33,11)48(28,12)42(31)50(38)39(30)36/h14-15,19,22-23,28,33-34,37-38,41H,1,16-18,20-21H2,2-13H3,(H,49,54)/b19-14+,25-15+/t28-,33-,34-,37+,38-,41+,46-,47-,48+/m0/s1. The highest BCUT2D eigenvalue weighted by molar-refractivity contribution is 6.18. The molecule has 1 amide bonds. The van der Waals surface area contributed by atoms with E-state index in [1.54, 1.807) is 14.0 Å². The van der Waals surface area contributed by atoms with Crippen molar-refractivity contribution in [2.75, 3.05) is 7.05 Å². The van der Waals surface area contributed by atoms with E-state index in [9.17, 15) is 14.4 Å². The van der Waals surface area contributed by atoms with Gasteiger partial charge in [-0.25, -0.2) is 0 Å². The quantitative estimate of drug-likeness (QED) is 0.135. The SMILES string of the molecule is C=C(C)[C@H]1C(=O)c2c3c(cc4c5c(n1c24)[C@@]1(C)[C@@H](CC[C@H]2[C@](C)(/C=C/C=C(\C)C(=O)NC)[C@@H](OC(C)=O)CC[C@@]21C)C5)C1=CC(C)(C)OC(C)(C)[C@H]1[C@@H]3OC(C)=O. The molecular formula is C48H60N2O7. The number of benzene rings is 1. The van der Waals surface area contributed by atoms with Gasteiger partial charge >= 0.3 is 11.9 Å². The van der Waals surface area contributed by atoms with Crippen LogP contribution in [0, 0.1) is 28.6 Å². The Balaban J connectivity index is 1.36. The Kier molecular flexibility index (Phi) is 8.77. The third-order valence-corrected chi connectivity index (χ3v) is 15.5. The van der Waals surface area contributed by atoms with Crippen LogP contribution in [0.3, 0.4) is 0 Å².